The summed E-state index contributed by atoms with van der Waals surface area (Å²) in [6.07, 6.45) is 2.89. The number of pyridine rings is 1. The van der Waals surface area contributed by atoms with Gasteiger partial charge in [-0.25, -0.2) is 0 Å². The minimum absolute atomic E-state index is 0.336. The lowest BCUT2D eigenvalue weighted by Gasteiger charge is -2.17. The van der Waals surface area contributed by atoms with E-state index >= 15 is 0 Å². The van der Waals surface area contributed by atoms with Crippen LogP contribution in [-0.4, -0.2) is 41.1 Å². The van der Waals surface area contributed by atoms with E-state index in [-0.39, 0.29) is 0 Å². The fourth-order valence-electron chi connectivity index (χ4n) is 1.72. The van der Waals surface area contributed by atoms with Crippen LogP contribution in [0.3, 0.4) is 0 Å². The maximum absolute atomic E-state index is 5.49. The van der Waals surface area contributed by atoms with Crippen LogP contribution in [0.2, 0.25) is 0 Å². The molecule has 0 saturated carbocycles. The van der Waals surface area contributed by atoms with E-state index in [2.05, 4.69) is 29.0 Å². The van der Waals surface area contributed by atoms with Gasteiger partial charge in [-0.15, -0.1) is 0 Å². The van der Waals surface area contributed by atoms with E-state index < -0.39 is 0 Å². The fraction of sp³-hybridized carbons (Fsp3) is 0.538. The van der Waals surface area contributed by atoms with E-state index in [1.54, 1.807) is 6.20 Å². The van der Waals surface area contributed by atoms with Crippen molar-refractivity contribution in [2.24, 2.45) is 5.73 Å². The van der Waals surface area contributed by atoms with Gasteiger partial charge in [0.1, 0.15) is 4.99 Å². The monoisotopic (exact) mass is 266 g/mol. The zero-order valence-corrected chi connectivity index (χ0v) is 12.0. The first-order chi connectivity index (χ1) is 8.67. The van der Waals surface area contributed by atoms with E-state index in [0.29, 0.717) is 10.7 Å². The first kappa shape index (κ1) is 14.9. The summed E-state index contributed by atoms with van der Waals surface area (Å²) >= 11 is 4.86. The smallest absolute Gasteiger partial charge is 0.122 e. The van der Waals surface area contributed by atoms with Crippen molar-refractivity contribution >= 4 is 22.9 Å². The quantitative estimate of drug-likeness (QED) is 0.555. The number of rotatable bonds is 8. The second-order valence-corrected chi connectivity index (χ2v) is 4.54. The Morgan fingerprint density at radius 3 is 2.61 bits per heavy atom. The van der Waals surface area contributed by atoms with Gasteiger partial charge in [-0.3, -0.25) is 4.98 Å². The van der Waals surface area contributed by atoms with Gasteiger partial charge in [-0.05, 0) is 38.2 Å². The summed E-state index contributed by atoms with van der Waals surface area (Å²) in [6.45, 7) is 8.68. The third kappa shape index (κ3) is 4.98. The highest BCUT2D eigenvalue weighted by Crippen LogP contribution is 2.06. The van der Waals surface area contributed by atoms with E-state index in [4.69, 9.17) is 18.0 Å². The molecule has 100 valence electrons. The Balaban J connectivity index is 2.29. The normalized spacial score (nSPS) is 10.6. The molecule has 0 radical (unpaired) electrons. The zero-order valence-electron chi connectivity index (χ0n) is 11.1. The SMILES string of the molecule is CCN(CC)CCCNc1ccc(C(N)=S)nc1. The fourth-order valence-corrected chi connectivity index (χ4v) is 1.84. The Labute approximate surface area is 115 Å². The van der Waals surface area contributed by atoms with E-state index in [1.165, 1.54) is 0 Å². The van der Waals surface area contributed by atoms with Gasteiger partial charge >= 0.3 is 0 Å². The Hall–Kier alpha value is -1.20. The first-order valence-corrected chi connectivity index (χ1v) is 6.80. The van der Waals surface area contributed by atoms with Crippen LogP contribution in [0.5, 0.6) is 0 Å². The summed E-state index contributed by atoms with van der Waals surface area (Å²) in [5.74, 6) is 0. The summed E-state index contributed by atoms with van der Waals surface area (Å²) in [7, 11) is 0. The number of thiocarbonyl (C=S) groups is 1. The molecule has 1 aromatic rings. The summed E-state index contributed by atoms with van der Waals surface area (Å²) < 4.78 is 0. The van der Waals surface area contributed by atoms with Crippen molar-refractivity contribution in [3.05, 3.63) is 24.0 Å². The third-order valence-electron chi connectivity index (χ3n) is 2.89. The van der Waals surface area contributed by atoms with Gasteiger partial charge in [0, 0.05) is 6.54 Å². The lowest BCUT2D eigenvalue weighted by Crippen LogP contribution is -2.25. The van der Waals surface area contributed by atoms with Gasteiger partial charge < -0.3 is 16.0 Å². The maximum Gasteiger partial charge on any atom is 0.122 e. The molecule has 0 bridgehead atoms. The predicted octanol–water partition coefficient (Wildman–Crippen LogP) is 1.86. The molecule has 5 heteroatoms. The number of nitrogens with one attached hydrogen (secondary N) is 1. The Morgan fingerprint density at radius 2 is 2.11 bits per heavy atom. The molecule has 18 heavy (non-hydrogen) atoms. The first-order valence-electron chi connectivity index (χ1n) is 6.39. The van der Waals surface area contributed by atoms with Crippen molar-refractivity contribution in [1.29, 1.82) is 0 Å². The van der Waals surface area contributed by atoms with Crippen LogP contribution in [0.15, 0.2) is 18.3 Å². The van der Waals surface area contributed by atoms with Crippen molar-refractivity contribution in [3.8, 4) is 0 Å². The molecule has 0 aliphatic carbocycles. The highest BCUT2D eigenvalue weighted by Gasteiger charge is 2.00. The van der Waals surface area contributed by atoms with Gasteiger partial charge in [0.15, 0.2) is 0 Å². The molecule has 0 unspecified atom stereocenters. The Morgan fingerprint density at radius 1 is 1.39 bits per heavy atom. The van der Waals surface area contributed by atoms with Crippen LogP contribution in [0.25, 0.3) is 0 Å². The van der Waals surface area contributed by atoms with Crippen LogP contribution in [0, 0.1) is 0 Å². The van der Waals surface area contributed by atoms with Gasteiger partial charge in [0.05, 0.1) is 17.6 Å². The van der Waals surface area contributed by atoms with Crippen LogP contribution in [0.1, 0.15) is 26.0 Å². The molecular weight excluding hydrogens is 244 g/mol. The van der Waals surface area contributed by atoms with Crippen LogP contribution >= 0.6 is 12.2 Å². The molecule has 0 amide bonds. The highest BCUT2D eigenvalue weighted by molar-refractivity contribution is 7.80. The molecule has 0 aliphatic heterocycles. The van der Waals surface area contributed by atoms with Crippen LogP contribution in [0.4, 0.5) is 5.69 Å². The minimum Gasteiger partial charge on any atom is -0.388 e. The number of aromatic nitrogens is 1. The van der Waals surface area contributed by atoms with E-state index in [0.717, 1.165) is 38.3 Å². The third-order valence-corrected chi connectivity index (χ3v) is 3.10. The summed E-state index contributed by atoms with van der Waals surface area (Å²) in [5, 5.41) is 3.34. The molecule has 1 aromatic heterocycles. The van der Waals surface area contributed by atoms with E-state index in [1.807, 2.05) is 12.1 Å². The molecule has 3 N–H and O–H groups in total. The molecule has 1 heterocycles. The standard InChI is InChI=1S/C13H22N4S/c1-3-17(4-2)9-5-8-15-11-6-7-12(13(14)18)16-10-11/h6-7,10,15H,3-5,8-9H2,1-2H3,(H2,14,18). The Bertz CT molecular complexity index is 360. The second-order valence-electron chi connectivity index (χ2n) is 4.10. The molecule has 0 aliphatic rings. The number of hydrogen-bond acceptors (Lipinski definition) is 4. The van der Waals surface area contributed by atoms with Gasteiger partial charge in [0.2, 0.25) is 0 Å². The number of anilines is 1. The molecule has 0 aromatic carbocycles. The molecule has 1 rings (SSSR count). The number of hydrogen-bond donors (Lipinski definition) is 2. The van der Waals surface area contributed by atoms with Crippen molar-refractivity contribution in [2.75, 3.05) is 31.5 Å². The minimum atomic E-state index is 0.336. The van der Waals surface area contributed by atoms with Crippen molar-refractivity contribution in [2.45, 2.75) is 20.3 Å². The summed E-state index contributed by atoms with van der Waals surface area (Å²) in [4.78, 5) is 6.93. The number of nitrogens with two attached hydrogens (primary N) is 1. The average molecular weight is 266 g/mol. The predicted molar refractivity (Wildman–Crippen MR) is 81.0 cm³/mol. The average Bonchev–Trinajstić information content (AvgIpc) is 2.39. The summed E-state index contributed by atoms with van der Waals surface area (Å²) in [6, 6.07) is 3.80. The van der Waals surface area contributed by atoms with E-state index in [9.17, 15) is 0 Å². The highest BCUT2D eigenvalue weighted by atomic mass is 32.1. The molecule has 0 saturated heterocycles. The van der Waals surface area contributed by atoms with Gasteiger partial charge in [-0.2, -0.15) is 0 Å². The molecule has 4 nitrogen and oxygen atoms in total. The van der Waals surface area contributed by atoms with Crippen molar-refractivity contribution in [1.82, 2.24) is 9.88 Å². The van der Waals surface area contributed by atoms with Gasteiger partial charge in [0.25, 0.3) is 0 Å². The molecule has 0 atom stereocenters. The van der Waals surface area contributed by atoms with Crippen LogP contribution in [-0.2, 0) is 0 Å². The van der Waals surface area contributed by atoms with Crippen molar-refractivity contribution in [3.63, 3.8) is 0 Å². The van der Waals surface area contributed by atoms with Gasteiger partial charge in [-0.1, -0.05) is 26.1 Å². The molecule has 0 spiro atoms. The zero-order chi connectivity index (χ0) is 13.4. The Kier molecular flexibility index (Phi) is 6.60. The lowest BCUT2D eigenvalue weighted by molar-refractivity contribution is 0.303. The maximum atomic E-state index is 5.49. The summed E-state index contributed by atoms with van der Waals surface area (Å²) in [5.41, 5.74) is 7.17. The van der Waals surface area contributed by atoms with Crippen molar-refractivity contribution < 1.29 is 0 Å². The topological polar surface area (TPSA) is 54.2 Å². The van der Waals surface area contributed by atoms with Crippen LogP contribution < -0.4 is 11.1 Å². The number of nitrogens with zero attached hydrogens (tertiary/aromatic N) is 2. The molecule has 0 fully saturated rings. The molecular formula is C13H22N4S. The largest absolute Gasteiger partial charge is 0.388 e. The lowest BCUT2D eigenvalue weighted by atomic mass is 10.3. The second kappa shape index (κ2) is 8.00.